The van der Waals surface area contributed by atoms with Gasteiger partial charge in [0.15, 0.2) is 0 Å². The van der Waals surface area contributed by atoms with Gasteiger partial charge in [0.1, 0.15) is 11.6 Å². The molecule has 0 saturated carbocycles. The number of aliphatic hydroxyl groups excluding tert-OH is 1. The lowest BCUT2D eigenvalue weighted by atomic mass is 9.97. The van der Waals surface area contributed by atoms with Crippen LogP contribution in [0.3, 0.4) is 0 Å². The van der Waals surface area contributed by atoms with E-state index in [1.54, 1.807) is 0 Å². The van der Waals surface area contributed by atoms with Gasteiger partial charge in [-0.2, -0.15) is 0 Å². The zero-order valence-corrected chi connectivity index (χ0v) is 11.7. The quantitative estimate of drug-likeness (QED) is 0.902. The van der Waals surface area contributed by atoms with Gasteiger partial charge in [-0.25, -0.2) is 8.78 Å². The van der Waals surface area contributed by atoms with Gasteiger partial charge >= 0.3 is 0 Å². The van der Waals surface area contributed by atoms with Crippen LogP contribution in [0.2, 0.25) is 0 Å². The van der Waals surface area contributed by atoms with E-state index in [1.165, 1.54) is 12.1 Å². The van der Waals surface area contributed by atoms with Crippen molar-refractivity contribution in [1.29, 1.82) is 0 Å². The smallest absolute Gasteiger partial charge is 0.129 e. The third-order valence-electron chi connectivity index (χ3n) is 3.43. The summed E-state index contributed by atoms with van der Waals surface area (Å²) in [6.07, 6.45) is -0.0421. The molecule has 0 aliphatic rings. The molecule has 0 amide bonds. The van der Waals surface area contributed by atoms with Crippen LogP contribution in [0.25, 0.3) is 0 Å². The molecular formula is C17H18F2O. The molecule has 0 radical (unpaired) electrons. The lowest BCUT2D eigenvalue weighted by Gasteiger charge is -2.14. The van der Waals surface area contributed by atoms with Gasteiger partial charge in [-0.15, -0.1) is 0 Å². The van der Waals surface area contributed by atoms with Crippen LogP contribution < -0.4 is 0 Å². The Kier molecular flexibility index (Phi) is 4.50. The van der Waals surface area contributed by atoms with Crippen LogP contribution >= 0.6 is 0 Å². The first-order chi connectivity index (χ1) is 9.45. The molecule has 106 valence electrons. The van der Waals surface area contributed by atoms with Crippen LogP contribution in [-0.4, -0.2) is 11.2 Å². The maximum atomic E-state index is 13.5. The topological polar surface area (TPSA) is 20.2 Å². The maximum absolute atomic E-state index is 13.5. The van der Waals surface area contributed by atoms with E-state index in [-0.39, 0.29) is 6.42 Å². The Bertz CT molecular complexity index is 608. The minimum Gasteiger partial charge on any atom is -0.392 e. The summed E-state index contributed by atoms with van der Waals surface area (Å²) in [4.78, 5) is 0. The highest BCUT2D eigenvalue weighted by Gasteiger charge is 2.12. The summed E-state index contributed by atoms with van der Waals surface area (Å²) in [5, 5.41) is 10.1. The summed E-state index contributed by atoms with van der Waals surface area (Å²) < 4.78 is 26.4. The summed E-state index contributed by atoms with van der Waals surface area (Å²) >= 11 is 0. The highest BCUT2D eigenvalue weighted by atomic mass is 19.1. The number of hydrogen-bond donors (Lipinski definition) is 1. The SMILES string of the molecule is Cc1ccc(C)c(CC(O)Cc2ccc(F)cc2F)c1. The molecule has 1 unspecified atom stereocenters. The van der Waals surface area contributed by atoms with Crippen LogP contribution in [0.5, 0.6) is 0 Å². The minimum absolute atomic E-state index is 0.180. The van der Waals surface area contributed by atoms with Gasteiger partial charge in [0.25, 0.3) is 0 Å². The maximum Gasteiger partial charge on any atom is 0.129 e. The first kappa shape index (κ1) is 14.7. The van der Waals surface area contributed by atoms with Crippen LogP contribution in [-0.2, 0) is 12.8 Å². The number of aryl methyl sites for hydroxylation is 2. The van der Waals surface area contributed by atoms with Crippen molar-refractivity contribution < 1.29 is 13.9 Å². The van der Waals surface area contributed by atoms with Crippen LogP contribution in [0.4, 0.5) is 8.78 Å². The molecule has 1 N–H and O–H groups in total. The largest absolute Gasteiger partial charge is 0.392 e. The highest BCUT2D eigenvalue weighted by Crippen LogP contribution is 2.17. The predicted octanol–water partition coefficient (Wildman–Crippen LogP) is 3.73. The molecule has 3 heteroatoms. The fourth-order valence-electron chi connectivity index (χ4n) is 2.29. The molecule has 0 fully saturated rings. The van der Waals surface area contributed by atoms with Gasteiger partial charge in [0, 0.05) is 12.5 Å². The van der Waals surface area contributed by atoms with Crippen LogP contribution in [0, 0.1) is 25.5 Å². The van der Waals surface area contributed by atoms with E-state index in [0.717, 1.165) is 22.8 Å². The van der Waals surface area contributed by atoms with Crippen molar-refractivity contribution >= 4 is 0 Å². The van der Waals surface area contributed by atoms with Crippen molar-refractivity contribution in [3.8, 4) is 0 Å². The normalized spacial score (nSPS) is 12.4. The number of rotatable bonds is 4. The molecule has 2 rings (SSSR count). The van der Waals surface area contributed by atoms with E-state index in [0.29, 0.717) is 12.0 Å². The molecule has 20 heavy (non-hydrogen) atoms. The summed E-state index contributed by atoms with van der Waals surface area (Å²) in [5.74, 6) is -1.21. The minimum atomic E-state index is -0.685. The first-order valence-corrected chi connectivity index (χ1v) is 6.64. The first-order valence-electron chi connectivity index (χ1n) is 6.64. The average molecular weight is 276 g/mol. The molecule has 0 aromatic heterocycles. The third kappa shape index (κ3) is 3.64. The highest BCUT2D eigenvalue weighted by molar-refractivity contribution is 5.31. The number of benzene rings is 2. The standard InChI is InChI=1S/C17H18F2O/c1-11-3-4-12(2)14(7-11)9-16(20)8-13-5-6-15(18)10-17(13)19/h3-7,10,16,20H,8-9H2,1-2H3. The summed E-state index contributed by atoms with van der Waals surface area (Å²) in [5.41, 5.74) is 3.63. The Morgan fingerprint density at radius 2 is 1.65 bits per heavy atom. The molecule has 0 heterocycles. The van der Waals surface area contributed by atoms with Gasteiger partial charge < -0.3 is 5.11 Å². The van der Waals surface area contributed by atoms with E-state index >= 15 is 0 Å². The summed E-state index contributed by atoms with van der Waals surface area (Å²) in [6, 6.07) is 9.50. The van der Waals surface area contributed by atoms with Crippen molar-refractivity contribution in [2.24, 2.45) is 0 Å². The van der Waals surface area contributed by atoms with Crippen molar-refractivity contribution in [2.45, 2.75) is 32.8 Å². The Balaban J connectivity index is 2.08. The van der Waals surface area contributed by atoms with Crippen LogP contribution in [0.1, 0.15) is 22.3 Å². The Labute approximate surface area is 117 Å². The average Bonchev–Trinajstić information content (AvgIpc) is 2.37. The fraction of sp³-hybridized carbons (Fsp3) is 0.294. The van der Waals surface area contributed by atoms with Gasteiger partial charge in [-0.1, -0.05) is 29.8 Å². The second-order valence-electron chi connectivity index (χ2n) is 5.23. The molecule has 0 aliphatic heterocycles. The van der Waals surface area contributed by atoms with E-state index in [2.05, 4.69) is 0 Å². The van der Waals surface area contributed by atoms with Gasteiger partial charge in [0.05, 0.1) is 6.10 Å². The van der Waals surface area contributed by atoms with E-state index in [9.17, 15) is 13.9 Å². The Morgan fingerprint density at radius 1 is 0.950 bits per heavy atom. The predicted molar refractivity (Wildman–Crippen MR) is 75.7 cm³/mol. The number of aliphatic hydroxyl groups is 1. The third-order valence-corrected chi connectivity index (χ3v) is 3.43. The Hall–Kier alpha value is -1.74. The lowest BCUT2D eigenvalue weighted by Crippen LogP contribution is -2.15. The molecule has 0 aliphatic carbocycles. The van der Waals surface area contributed by atoms with E-state index in [1.807, 2.05) is 32.0 Å². The van der Waals surface area contributed by atoms with Crippen LogP contribution in [0.15, 0.2) is 36.4 Å². The molecule has 0 bridgehead atoms. The second kappa shape index (κ2) is 6.14. The molecular weight excluding hydrogens is 258 g/mol. The van der Waals surface area contributed by atoms with Gasteiger partial charge in [0.2, 0.25) is 0 Å². The van der Waals surface area contributed by atoms with E-state index < -0.39 is 17.7 Å². The molecule has 2 aromatic rings. The summed E-state index contributed by atoms with van der Waals surface area (Å²) in [7, 11) is 0. The molecule has 0 saturated heterocycles. The molecule has 0 spiro atoms. The van der Waals surface area contributed by atoms with E-state index in [4.69, 9.17) is 0 Å². The number of halogens is 2. The second-order valence-corrected chi connectivity index (χ2v) is 5.23. The van der Waals surface area contributed by atoms with Crippen molar-refractivity contribution in [1.82, 2.24) is 0 Å². The van der Waals surface area contributed by atoms with Crippen molar-refractivity contribution in [3.63, 3.8) is 0 Å². The summed E-state index contributed by atoms with van der Waals surface area (Å²) in [6.45, 7) is 3.98. The van der Waals surface area contributed by atoms with Crippen molar-refractivity contribution in [3.05, 3.63) is 70.3 Å². The molecule has 1 atom stereocenters. The monoisotopic (exact) mass is 276 g/mol. The van der Waals surface area contributed by atoms with Gasteiger partial charge in [-0.05, 0) is 43.0 Å². The Morgan fingerprint density at radius 3 is 2.35 bits per heavy atom. The molecule has 1 nitrogen and oxygen atoms in total. The molecule has 2 aromatic carbocycles. The lowest BCUT2D eigenvalue weighted by molar-refractivity contribution is 0.174. The fourth-order valence-corrected chi connectivity index (χ4v) is 2.29. The van der Waals surface area contributed by atoms with Gasteiger partial charge in [-0.3, -0.25) is 0 Å². The van der Waals surface area contributed by atoms with Crippen molar-refractivity contribution in [2.75, 3.05) is 0 Å². The zero-order valence-electron chi connectivity index (χ0n) is 11.7. The zero-order chi connectivity index (χ0) is 14.7. The number of hydrogen-bond acceptors (Lipinski definition) is 1.